The van der Waals surface area contributed by atoms with Crippen LogP contribution in [0.15, 0.2) is 17.1 Å². The minimum Gasteiger partial charge on any atom is -0.295 e. The number of aliphatic imine (C=N–C) groups is 1. The Morgan fingerprint density at radius 1 is 1.40 bits per heavy atom. The van der Waals surface area contributed by atoms with Gasteiger partial charge in [0.25, 0.3) is 0 Å². The number of rotatable bonds is 8. The van der Waals surface area contributed by atoms with Crippen LogP contribution in [0.5, 0.6) is 0 Å². The molecule has 2 nitrogen and oxygen atoms in total. The van der Waals surface area contributed by atoms with Crippen LogP contribution in [0.1, 0.15) is 52.9 Å². The van der Waals surface area contributed by atoms with E-state index in [1.54, 1.807) is 6.08 Å². The van der Waals surface area contributed by atoms with E-state index in [1.807, 2.05) is 26.1 Å². The van der Waals surface area contributed by atoms with E-state index in [2.05, 4.69) is 11.9 Å². The molecule has 0 aliphatic rings. The zero-order valence-electron chi connectivity index (χ0n) is 10.2. The summed E-state index contributed by atoms with van der Waals surface area (Å²) in [6, 6.07) is 0.287. The molecule has 86 valence electrons. The largest absolute Gasteiger partial charge is 0.295 e. The molecule has 0 spiro atoms. The maximum Gasteiger partial charge on any atom is 0.155 e. The molecule has 0 aromatic rings. The van der Waals surface area contributed by atoms with Gasteiger partial charge in [0.05, 0.1) is 6.04 Å². The second-order valence-corrected chi connectivity index (χ2v) is 3.82. The van der Waals surface area contributed by atoms with Gasteiger partial charge < -0.3 is 0 Å². The molecule has 15 heavy (non-hydrogen) atoms. The maximum atomic E-state index is 11.3. The number of nitrogens with zero attached hydrogens (tertiary/aromatic N) is 1. The minimum atomic E-state index is 0.246. The zero-order chi connectivity index (χ0) is 11.5. The molecule has 0 aromatic heterocycles. The van der Waals surface area contributed by atoms with Crippen molar-refractivity contribution in [2.45, 2.75) is 58.9 Å². The highest BCUT2D eigenvalue weighted by Gasteiger charge is 1.97. The second kappa shape index (κ2) is 9.63. The highest BCUT2D eigenvalue weighted by atomic mass is 16.1. The third-order valence-corrected chi connectivity index (χ3v) is 2.21. The summed E-state index contributed by atoms with van der Waals surface area (Å²) in [5, 5.41) is 0. The molecule has 0 amide bonds. The monoisotopic (exact) mass is 209 g/mol. The number of hydrogen-bond acceptors (Lipinski definition) is 2. The van der Waals surface area contributed by atoms with Crippen molar-refractivity contribution in [1.29, 1.82) is 0 Å². The number of allylic oxidation sites excluding steroid dienone is 1. The summed E-state index contributed by atoms with van der Waals surface area (Å²) in [5.41, 5.74) is 0. The van der Waals surface area contributed by atoms with Crippen LogP contribution >= 0.6 is 0 Å². The third kappa shape index (κ3) is 9.39. The number of unbranched alkanes of at least 4 members (excludes halogenated alkanes) is 2. The fourth-order valence-electron chi connectivity index (χ4n) is 1.34. The molecule has 0 rings (SSSR count). The summed E-state index contributed by atoms with van der Waals surface area (Å²) in [6.07, 6.45) is 10.3. The Kier molecular flexibility index (Phi) is 9.04. The van der Waals surface area contributed by atoms with Crippen LogP contribution < -0.4 is 0 Å². The van der Waals surface area contributed by atoms with Gasteiger partial charge in [-0.25, -0.2) is 0 Å². The fraction of sp³-hybridized carbons (Fsp3) is 0.692. The Morgan fingerprint density at radius 2 is 2.13 bits per heavy atom. The average molecular weight is 209 g/mol. The van der Waals surface area contributed by atoms with Crippen molar-refractivity contribution in [1.82, 2.24) is 0 Å². The quantitative estimate of drug-likeness (QED) is 0.341. The summed E-state index contributed by atoms with van der Waals surface area (Å²) < 4.78 is 0. The van der Waals surface area contributed by atoms with Gasteiger partial charge in [0.1, 0.15) is 0 Å². The van der Waals surface area contributed by atoms with Crippen LogP contribution in [0.4, 0.5) is 0 Å². The molecular formula is C13H23NO. The highest BCUT2D eigenvalue weighted by Crippen LogP contribution is 2.02. The number of carbonyl (C=O) groups excluding carboxylic acids is 1. The molecule has 2 heteroatoms. The van der Waals surface area contributed by atoms with E-state index in [1.165, 1.54) is 6.42 Å². The van der Waals surface area contributed by atoms with Crippen LogP contribution in [0.25, 0.3) is 0 Å². The standard InChI is InChI=1S/C13H23NO/c1-4-6-7-10-13(15)11-8-9-12(3)14-5-2/h5,8,11-12H,4,6-7,9-10H2,1-3H3/b11-8+,14-5?. The van der Waals surface area contributed by atoms with Crippen molar-refractivity contribution in [3.8, 4) is 0 Å². The summed E-state index contributed by atoms with van der Waals surface area (Å²) in [7, 11) is 0. The van der Waals surface area contributed by atoms with Gasteiger partial charge in [0.2, 0.25) is 0 Å². The summed E-state index contributed by atoms with van der Waals surface area (Å²) in [5.74, 6) is 0.246. The van der Waals surface area contributed by atoms with Gasteiger partial charge >= 0.3 is 0 Å². The van der Waals surface area contributed by atoms with Crippen molar-refractivity contribution < 1.29 is 4.79 Å². The Hall–Kier alpha value is -0.920. The third-order valence-electron chi connectivity index (χ3n) is 2.21. The van der Waals surface area contributed by atoms with Crippen molar-refractivity contribution in [3.05, 3.63) is 12.2 Å². The van der Waals surface area contributed by atoms with Gasteiger partial charge in [-0.15, -0.1) is 0 Å². The second-order valence-electron chi connectivity index (χ2n) is 3.82. The van der Waals surface area contributed by atoms with E-state index in [-0.39, 0.29) is 11.8 Å². The number of hydrogen-bond donors (Lipinski definition) is 0. The van der Waals surface area contributed by atoms with Crippen molar-refractivity contribution >= 4 is 12.0 Å². The van der Waals surface area contributed by atoms with Crippen LogP contribution in [-0.2, 0) is 4.79 Å². The molecule has 0 N–H and O–H groups in total. The molecule has 0 bridgehead atoms. The molecular weight excluding hydrogens is 186 g/mol. The predicted octanol–water partition coefficient (Wildman–Crippen LogP) is 3.56. The van der Waals surface area contributed by atoms with Crippen LogP contribution in [0.2, 0.25) is 0 Å². The fourth-order valence-corrected chi connectivity index (χ4v) is 1.34. The summed E-state index contributed by atoms with van der Waals surface area (Å²) in [4.78, 5) is 15.5. The van der Waals surface area contributed by atoms with Crippen LogP contribution in [-0.4, -0.2) is 18.0 Å². The normalized spacial score (nSPS) is 13.8. The first kappa shape index (κ1) is 14.1. The molecule has 1 atom stereocenters. The lowest BCUT2D eigenvalue weighted by atomic mass is 10.1. The molecule has 1 unspecified atom stereocenters. The Labute approximate surface area is 93.5 Å². The first-order valence-electron chi connectivity index (χ1n) is 5.87. The SMILES string of the molecule is CC=NC(C)C/C=C/C(=O)CCCCC. The molecule has 0 heterocycles. The molecule has 0 radical (unpaired) electrons. The van der Waals surface area contributed by atoms with Crippen molar-refractivity contribution in [3.63, 3.8) is 0 Å². The van der Waals surface area contributed by atoms with E-state index < -0.39 is 0 Å². The van der Waals surface area contributed by atoms with E-state index in [0.717, 1.165) is 19.3 Å². The van der Waals surface area contributed by atoms with E-state index in [0.29, 0.717) is 6.42 Å². The Bertz CT molecular complexity index is 219. The molecule has 0 fully saturated rings. The van der Waals surface area contributed by atoms with Gasteiger partial charge in [0.15, 0.2) is 5.78 Å². The number of carbonyl (C=O) groups is 1. The first-order valence-corrected chi connectivity index (χ1v) is 5.87. The summed E-state index contributed by atoms with van der Waals surface area (Å²) >= 11 is 0. The van der Waals surface area contributed by atoms with E-state index in [4.69, 9.17) is 0 Å². The average Bonchev–Trinajstić information content (AvgIpc) is 2.18. The van der Waals surface area contributed by atoms with Gasteiger partial charge in [-0.1, -0.05) is 25.8 Å². The topological polar surface area (TPSA) is 29.4 Å². The van der Waals surface area contributed by atoms with Gasteiger partial charge in [-0.05, 0) is 39.0 Å². The molecule has 0 aliphatic carbocycles. The van der Waals surface area contributed by atoms with Crippen molar-refractivity contribution in [2.75, 3.05) is 0 Å². The number of ketones is 1. The van der Waals surface area contributed by atoms with E-state index in [9.17, 15) is 4.79 Å². The van der Waals surface area contributed by atoms with Gasteiger partial charge in [0, 0.05) is 6.42 Å². The Morgan fingerprint density at radius 3 is 2.73 bits per heavy atom. The minimum absolute atomic E-state index is 0.246. The van der Waals surface area contributed by atoms with Crippen LogP contribution in [0.3, 0.4) is 0 Å². The molecule has 0 saturated carbocycles. The molecule has 0 aromatic carbocycles. The van der Waals surface area contributed by atoms with E-state index >= 15 is 0 Å². The van der Waals surface area contributed by atoms with Crippen molar-refractivity contribution in [2.24, 2.45) is 4.99 Å². The molecule has 0 saturated heterocycles. The first-order chi connectivity index (χ1) is 7.20. The van der Waals surface area contributed by atoms with Gasteiger partial charge in [-0.3, -0.25) is 9.79 Å². The Balaban J connectivity index is 3.62. The predicted molar refractivity (Wildman–Crippen MR) is 66.5 cm³/mol. The zero-order valence-corrected chi connectivity index (χ0v) is 10.2. The smallest absolute Gasteiger partial charge is 0.155 e. The lowest BCUT2D eigenvalue weighted by Gasteiger charge is -1.99. The molecule has 0 aliphatic heterocycles. The van der Waals surface area contributed by atoms with Crippen LogP contribution in [0, 0.1) is 0 Å². The lowest BCUT2D eigenvalue weighted by Crippen LogP contribution is -1.97. The maximum absolute atomic E-state index is 11.3. The summed E-state index contributed by atoms with van der Waals surface area (Å²) in [6.45, 7) is 6.10. The lowest BCUT2D eigenvalue weighted by molar-refractivity contribution is -0.114. The van der Waals surface area contributed by atoms with Gasteiger partial charge in [-0.2, -0.15) is 0 Å². The highest BCUT2D eigenvalue weighted by molar-refractivity contribution is 5.89.